The molecule has 0 saturated heterocycles. The first kappa shape index (κ1) is 71.8. The lowest BCUT2D eigenvalue weighted by atomic mass is 10.1. The minimum atomic E-state index is -0.846. The average Bonchev–Trinajstić information content (AvgIpc) is 3.43. The molecule has 0 heterocycles. The van der Waals surface area contributed by atoms with Crippen LogP contribution < -0.4 is 0 Å². The molecule has 430 valence electrons. The van der Waals surface area contributed by atoms with Gasteiger partial charge in [-0.1, -0.05) is 249 Å². The normalized spacial score (nSPS) is 13.3. The first-order valence-corrected chi connectivity index (χ1v) is 30.6. The molecule has 0 radical (unpaired) electrons. The second kappa shape index (κ2) is 63.3. The summed E-state index contributed by atoms with van der Waals surface area (Å²) in [7, 11) is 0. The molecule has 6 nitrogen and oxygen atoms in total. The van der Waals surface area contributed by atoms with Gasteiger partial charge in [0, 0.05) is 19.3 Å². The predicted octanol–water partition coefficient (Wildman–Crippen LogP) is 21.1. The van der Waals surface area contributed by atoms with Crippen LogP contribution in [0.25, 0.3) is 0 Å². The Kier molecular flexibility index (Phi) is 59.0. The molecule has 0 fully saturated rings. The molecule has 6 heteroatoms. The van der Waals surface area contributed by atoms with E-state index in [-0.39, 0.29) is 31.6 Å². The second-order valence-electron chi connectivity index (χ2n) is 19.5. The van der Waals surface area contributed by atoms with Crippen LogP contribution in [0.5, 0.6) is 0 Å². The summed E-state index contributed by atoms with van der Waals surface area (Å²) in [5.41, 5.74) is 0. The van der Waals surface area contributed by atoms with E-state index in [9.17, 15) is 14.4 Å². The number of allylic oxidation sites excluding steroid dienone is 28. The van der Waals surface area contributed by atoms with Crippen LogP contribution in [0.4, 0.5) is 0 Å². The second-order valence-corrected chi connectivity index (χ2v) is 19.5. The van der Waals surface area contributed by atoms with E-state index in [1.807, 2.05) is 12.2 Å². The van der Waals surface area contributed by atoms with Crippen LogP contribution in [0.2, 0.25) is 0 Å². The third-order valence-corrected chi connectivity index (χ3v) is 12.2. The van der Waals surface area contributed by atoms with Crippen molar-refractivity contribution in [3.05, 3.63) is 170 Å². The third-order valence-electron chi connectivity index (χ3n) is 12.2. The molecule has 0 aromatic rings. The number of carbonyl (C=O) groups is 3. The summed E-state index contributed by atoms with van der Waals surface area (Å²) < 4.78 is 16.8. The third kappa shape index (κ3) is 61.5. The molecule has 0 spiro atoms. The van der Waals surface area contributed by atoms with Gasteiger partial charge in [0.05, 0.1) is 0 Å². The maximum Gasteiger partial charge on any atom is 0.306 e. The summed E-state index contributed by atoms with van der Waals surface area (Å²) in [5.74, 6) is -1.07. The van der Waals surface area contributed by atoms with Crippen LogP contribution in [0.1, 0.15) is 239 Å². The lowest BCUT2D eigenvalue weighted by molar-refractivity contribution is -0.166. The summed E-state index contributed by atoms with van der Waals surface area (Å²) in [6.45, 7) is 6.30. The van der Waals surface area contributed by atoms with Gasteiger partial charge in [0.25, 0.3) is 0 Å². The van der Waals surface area contributed by atoms with E-state index in [0.717, 1.165) is 141 Å². The van der Waals surface area contributed by atoms with Crippen LogP contribution in [-0.2, 0) is 28.6 Å². The molecule has 0 aromatic heterocycles. The molecule has 77 heavy (non-hydrogen) atoms. The zero-order chi connectivity index (χ0) is 55.7. The van der Waals surface area contributed by atoms with Crippen LogP contribution in [0.15, 0.2) is 170 Å². The number of hydrogen-bond donors (Lipinski definition) is 0. The standard InChI is InChI=1S/C71H110O6/c1-4-7-10-13-16-19-22-25-28-30-32-33-34-35-36-37-39-40-43-46-49-52-55-58-61-64-70(73)76-67-68(66-75-69(72)63-60-57-54-51-48-45-42-27-24-21-18-15-12-9-6-3)77-71(74)65-62-59-56-53-50-47-44-41-38-31-29-26-23-20-17-14-11-8-5-2/h7-8,10-11,16-17,19-20,25-29,32-33,35-36,38-42,46-47,49-50,56,59,68H,4-6,9,12-15,18,21-24,30-31,34,37,43-45,48,51-55,57-58,60-67H2,1-3H3/b10-7-,11-8-,19-16-,20-17-,28-25-,29-26-,33-32-,36-35-,40-39-,41-38-,42-27-,49-46-,50-47-,59-56-. The first-order valence-electron chi connectivity index (χ1n) is 30.6. The van der Waals surface area contributed by atoms with E-state index in [1.54, 1.807) is 0 Å². The fraction of sp³-hybridized carbons (Fsp3) is 0.563. The molecule has 0 rings (SSSR count). The Hall–Kier alpha value is -5.23. The fourth-order valence-corrected chi connectivity index (χ4v) is 7.68. The van der Waals surface area contributed by atoms with E-state index in [0.29, 0.717) is 19.3 Å². The molecule has 0 saturated carbocycles. The molecule has 0 bridgehead atoms. The molecule has 0 N–H and O–H groups in total. The Morgan fingerprint density at radius 3 is 0.870 bits per heavy atom. The zero-order valence-corrected chi connectivity index (χ0v) is 49.1. The molecule has 1 atom stereocenters. The van der Waals surface area contributed by atoms with Crippen molar-refractivity contribution in [1.29, 1.82) is 0 Å². The Morgan fingerprint density at radius 1 is 0.273 bits per heavy atom. The molecule has 0 aromatic carbocycles. The highest BCUT2D eigenvalue weighted by Gasteiger charge is 2.19. The fourth-order valence-electron chi connectivity index (χ4n) is 7.68. The lowest BCUT2D eigenvalue weighted by Crippen LogP contribution is -2.30. The van der Waals surface area contributed by atoms with Crippen molar-refractivity contribution < 1.29 is 28.6 Å². The molecule has 0 aliphatic rings. The Bertz CT molecular complexity index is 1790. The van der Waals surface area contributed by atoms with E-state index >= 15 is 0 Å². The lowest BCUT2D eigenvalue weighted by Gasteiger charge is -2.18. The number of unbranched alkanes of at least 4 members (excludes halogenated alkanes) is 14. The number of rotatable bonds is 53. The van der Waals surface area contributed by atoms with Crippen LogP contribution >= 0.6 is 0 Å². The van der Waals surface area contributed by atoms with Gasteiger partial charge in [-0.05, 0) is 141 Å². The van der Waals surface area contributed by atoms with Gasteiger partial charge < -0.3 is 14.2 Å². The van der Waals surface area contributed by atoms with Gasteiger partial charge in [-0.15, -0.1) is 0 Å². The van der Waals surface area contributed by atoms with Crippen molar-refractivity contribution in [2.75, 3.05) is 13.2 Å². The summed E-state index contributed by atoms with van der Waals surface area (Å²) in [6, 6.07) is 0. The topological polar surface area (TPSA) is 78.9 Å². The van der Waals surface area contributed by atoms with Gasteiger partial charge in [-0.3, -0.25) is 14.4 Å². The van der Waals surface area contributed by atoms with Crippen molar-refractivity contribution >= 4 is 17.9 Å². The van der Waals surface area contributed by atoms with Crippen LogP contribution in [0, 0.1) is 0 Å². The Morgan fingerprint density at radius 2 is 0.532 bits per heavy atom. The number of ether oxygens (including phenoxy) is 3. The summed E-state index contributed by atoms with van der Waals surface area (Å²) >= 11 is 0. The molecule has 0 aliphatic heterocycles. The monoisotopic (exact) mass is 1060 g/mol. The van der Waals surface area contributed by atoms with Gasteiger partial charge in [-0.2, -0.15) is 0 Å². The SMILES string of the molecule is CC/C=C\C/C=C\C/C=C\C/C=C\C/C=C\C/C=C\C/C=C\CCCCCC(=O)OCC(COC(=O)CCCCCCC/C=C\CCCCCCCC)OC(=O)CC/C=C\C/C=C\C/C=C\C/C=C\C/C=C\C/C=C\CC. The molecule has 1 unspecified atom stereocenters. The van der Waals surface area contributed by atoms with Crippen molar-refractivity contribution in [2.24, 2.45) is 0 Å². The number of esters is 3. The van der Waals surface area contributed by atoms with Crippen molar-refractivity contribution in [3.8, 4) is 0 Å². The van der Waals surface area contributed by atoms with Crippen molar-refractivity contribution in [1.82, 2.24) is 0 Å². The molecular formula is C71H110O6. The minimum absolute atomic E-state index is 0.131. The Balaban J connectivity index is 4.58. The van der Waals surface area contributed by atoms with Crippen molar-refractivity contribution in [3.63, 3.8) is 0 Å². The van der Waals surface area contributed by atoms with Crippen LogP contribution in [0.3, 0.4) is 0 Å². The highest BCUT2D eigenvalue weighted by Crippen LogP contribution is 2.12. The number of hydrogen-bond acceptors (Lipinski definition) is 6. The van der Waals surface area contributed by atoms with E-state index in [2.05, 4.69) is 179 Å². The predicted molar refractivity (Wildman–Crippen MR) is 334 cm³/mol. The van der Waals surface area contributed by atoms with Gasteiger partial charge in [0.1, 0.15) is 13.2 Å². The summed E-state index contributed by atoms with van der Waals surface area (Å²) in [5, 5.41) is 0. The van der Waals surface area contributed by atoms with Gasteiger partial charge in [-0.25, -0.2) is 0 Å². The molecule has 0 amide bonds. The minimum Gasteiger partial charge on any atom is -0.462 e. The van der Waals surface area contributed by atoms with Crippen LogP contribution in [-0.4, -0.2) is 37.2 Å². The quantitative estimate of drug-likeness (QED) is 0.0261. The summed E-state index contributed by atoms with van der Waals surface area (Å²) in [6.07, 6.45) is 93.6. The van der Waals surface area contributed by atoms with Gasteiger partial charge >= 0.3 is 17.9 Å². The largest absolute Gasteiger partial charge is 0.462 e. The highest BCUT2D eigenvalue weighted by molar-refractivity contribution is 5.71. The average molecular weight is 1060 g/mol. The number of carbonyl (C=O) groups excluding carboxylic acids is 3. The van der Waals surface area contributed by atoms with Gasteiger partial charge in [0.15, 0.2) is 6.10 Å². The van der Waals surface area contributed by atoms with E-state index in [1.165, 1.54) is 51.4 Å². The Labute approximate surface area is 472 Å². The smallest absolute Gasteiger partial charge is 0.306 e. The van der Waals surface area contributed by atoms with E-state index in [4.69, 9.17) is 14.2 Å². The van der Waals surface area contributed by atoms with E-state index < -0.39 is 12.1 Å². The maximum absolute atomic E-state index is 12.9. The summed E-state index contributed by atoms with van der Waals surface area (Å²) in [4.78, 5) is 38.2. The first-order chi connectivity index (χ1) is 38.0. The van der Waals surface area contributed by atoms with Crippen molar-refractivity contribution in [2.45, 2.75) is 245 Å². The maximum atomic E-state index is 12.9. The molecular weight excluding hydrogens is 949 g/mol. The zero-order valence-electron chi connectivity index (χ0n) is 49.1. The molecule has 0 aliphatic carbocycles. The van der Waals surface area contributed by atoms with Gasteiger partial charge in [0.2, 0.25) is 0 Å². The highest BCUT2D eigenvalue weighted by atomic mass is 16.6.